The Labute approximate surface area is 184 Å². The molecular formula is C23H24N2O5S. The molecular weight excluding hydrogens is 416 g/mol. The van der Waals surface area contributed by atoms with Gasteiger partial charge in [-0.2, -0.15) is 11.3 Å². The lowest BCUT2D eigenvalue weighted by atomic mass is 9.94. The molecule has 0 bridgehead atoms. The molecule has 1 saturated heterocycles. The maximum atomic E-state index is 13.6. The van der Waals surface area contributed by atoms with E-state index in [-0.39, 0.29) is 25.5 Å². The molecule has 31 heavy (non-hydrogen) atoms. The normalized spacial score (nSPS) is 18.1. The van der Waals surface area contributed by atoms with Crippen molar-refractivity contribution >= 4 is 23.2 Å². The third-order valence-electron chi connectivity index (χ3n) is 5.55. The second-order valence-corrected chi connectivity index (χ2v) is 8.28. The van der Waals surface area contributed by atoms with Crippen LogP contribution in [0, 0.1) is 6.92 Å². The van der Waals surface area contributed by atoms with E-state index in [1.807, 2.05) is 47.2 Å². The summed E-state index contributed by atoms with van der Waals surface area (Å²) in [5, 5.41) is 3.89. The minimum atomic E-state index is -1.16. The van der Waals surface area contributed by atoms with Crippen LogP contribution in [0.5, 0.6) is 0 Å². The largest absolute Gasteiger partial charge is 0.467 e. The molecule has 8 heteroatoms. The zero-order valence-electron chi connectivity index (χ0n) is 17.5. The highest BCUT2D eigenvalue weighted by Crippen LogP contribution is 2.31. The summed E-state index contributed by atoms with van der Waals surface area (Å²) in [6.45, 7) is 2.56. The Morgan fingerprint density at radius 2 is 2.06 bits per heavy atom. The van der Waals surface area contributed by atoms with Crippen LogP contribution in [0.2, 0.25) is 0 Å². The number of hydrogen-bond acceptors (Lipinski definition) is 7. The predicted octanol–water partition coefficient (Wildman–Crippen LogP) is 3.61. The number of carbonyl (C=O) groups is 2. The summed E-state index contributed by atoms with van der Waals surface area (Å²) in [5.41, 5.74) is 1.20. The quantitative estimate of drug-likeness (QED) is 0.522. The molecule has 1 atom stereocenters. The summed E-state index contributed by atoms with van der Waals surface area (Å²) in [7, 11) is 1.34. The van der Waals surface area contributed by atoms with E-state index in [1.165, 1.54) is 7.11 Å². The number of aryl methyl sites for hydroxylation is 1. The number of rotatable bonds is 7. The third-order valence-corrected chi connectivity index (χ3v) is 6.23. The standard InChI is InChI=1S/C23H24N2O5S/c1-16-19(24-21(30-16)18-8-11-31-14-18)12-20(26)25(13-17-6-4-3-5-7-17)23(22(27)28-2)9-10-29-15-23/h3-8,11,14H,9-10,12-13,15H2,1-2H3/t23-/m1/s1. The Balaban J connectivity index is 1.65. The first-order valence-electron chi connectivity index (χ1n) is 10.0. The molecule has 1 aliphatic rings. The molecule has 4 rings (SSSR count). The van der Waals surface area contributed by atoms with Crippen LogP contribution in [0.3, 0.4) is 0 Å². The predicted molar refractivity (Wildman–Crippen MR) is 115 cm³/mol. The molecule has 3 aromatic rings. The number of amides is 1. The average molecular weight is 441 g/mol. The van der Waals surface area contributed by atoms with Gasteiger partial charge in [-0.25, -0.2) is 9.78 Å². The molecule has 162 valence electrons. The molecule has 0 saturated carbocycles. The molecule has 0 aliphatic carbocycles. The number of ether oxygens (including phenoxy) is 2. The van der Waals surface area contributed by atoms with E-state index in [0.717, 1.165) is 11.1 Å². The summed E-state index contributed by atoms with van der Waals surface area (Å²) in [6, 6.07) is 11.5. The second-order valence-electron chi connectivity index (χ2n) is 7.50. The van der Waals surface area contributed by atoms with E-state index in [4.69, 9.17) is 13.9 Å². The molecule has 1 amide bonds. The number of benzene rings is 1. The Morgan fingerprint density at radius 3 is 2.71 bits per heavy atom. The Morgan fingerprint density at radius 1 is 1.26 bits per heavy atom. The van der Waals surface area contributed by atoms with Crippen LogP contribution < -0.4 is 0 Å². The van der Waals surface area contributed by atoms with Crippen molar-refractivity contribution in [2.45, 2.75) is 31.8 Å². The van der Waals surface area contributed by atoms with Crippen LogP contribution in [0.25, 0.3) is 11.5 Å². The molecule has 0 spiro atoms. The lowest BCUT2D eigenvalue weighted by Crippen LogP contribution is -2.58. The molecule has 1 aromatic carbocycles. The van der Waals surface area contributed by atoms with Gasteiger partial charge >= 0.3 is 5.97 Å². The van der Waals surface area contributed by atoms with Crippen molar-refractivity contribution in [3.05, 3.63) is 64.2 Å². The fraction of sp³-hybridized carbons (Fsp3) is 0.348. The van der Waals surface area contributed by atoms with Gasteiger partial charge in [0, 0.05) is 30.5 Å². The van der Waals surface area contributed by atoms with Crippen LogP contribution in [-0.2, 0) is 32.0 Å². The minimum absolute atomic E-state index is 0.0189. The number of nitrogens with zero attached hydrogens (tertiary/aromatic N) is 2. The number of aromatic nitrogens is 1. The van der Waals surface area contributed by atoms with Gasteiger partial charge in [0.25, 0.3) is 0 Å². The molecule has 1 aliphatic heterocycles. The molecule has 0 N–H and O–H groups in total. The van der Waals surface area contributed by atoms with E-state index >= 15 is 0 Å². The monoisotopic (exact) mass is 440 g/mol. The number of oxazole rings is 1. The fourth-order valence-corrected chi connectivity index (χ4v) is 4.44. The van der Waals surface area contributed by atoms with E-state index < -0.39 is 11.5 Å². The smallest absolute Gasteiger partial charge is 0.334 e. The fourth-order valence-electron chi connectivity index (χ4n) is 3.81. The number of hydrogen-bond donors (Lipinski definition) is 0. The van der Waals surface area contributed by atoms with Gasteiger partial charge < -0.3 is 18.8 Å². The van der Waals surface area contributed by atoms with Crippen LogP contribution in [0.4, 0.5) is 0 Å². The number of esters is 1. The van der Waals surface area contributed by atoms with Gasteiger partial charge in [0.15, 0.2) is 5.54 Å². The molecule has 0 radical (unpaired) electrons. The zero-order chi connectivity index (χ0) is 21.8. The van der Waals surface area contributed by atoms with Gasteiger partial charge in [-0.05, 0) is 23.9 Å². The lowest BCUT2D eigenvalue weighted by molar-refractivity contribution is -0.163. The molecule has 2 aromatic heterocycles. The van der Waals surface area contributed by atoms with Crippen LogP contribution in [-0.4, -0.2) is 47.6 Å². The zero-order valence-corrected chi connectivity index (χ0v) is 18.3. The van der Waals surface area contributed by atoms with Crippen molar-refractivity contribution in [1.29, 1.82) is 0 Å². The van der Waals surface area contributed by atoms with Crippen LogP contribution in [0.15, 0.2) is 51.6 Å². The Kier molecular flexibility index (Phi) is 6.20. The van der Waals surface area contributed by atoms with Crippen molar-refractivity contribution in [3.63, 3.8) is 0 Å². The highest BCUT2D eigenvalue weighted by atomic mass is 32.1. The highest BCUT2D eigenvalue weighted by Gasteiger charge is 2.50. The summed E-state index contributed by atoms with van der Waals surface area (Å²) in [4.78, 5) is 32.5. The second kappa shape index (κ2) is 9.03. The Hall–Kier alpha value is -2.97. The first-order valence-corrected chi connectivity index (χ1v) is 11.0. The van der Waals surface area contributed by atoms with E-state index in [0.29, 0.717) is 30.4 Å². The minimum Gasteiger partial charge on any atom is -0.467 e. The van der Waals surface area contributed by atoms with Crippen molar-refractivity contribution in [2.75, 3.05) is 20.3 Å². The average Bonchev–Trinajstić information content (AvgIpc) is 3.54. The highest BCUT2D eigenvalue weighted by molar-refractivity contribution is 7.08. The maximum absolute atomic E-state index is 13.6. The van der Waals surface area contributed by atoms with Gasteiger partial charge in [0.2, 0.25) is 11.8 Å². The maximum Gasteiger partial charge on any atom is 0.334 e. The Bertz CT molecular complexity index is 1040. The van der Waals surface area contributed by atoms with Crippen LogP contribution >= 0.6 is 11.3 Å². The SMILES string of the molecule is COC(=O)[C@@]1(N(Cc2ccccc2)C(=O)Cc2nc(-c3ccsc3)oc2C)CCOC1. The molecule has 0 unspecified atom stereocenters. The van der Waals surface area contributed by atoms with E-state index in [2.05, 4.69) is 4.98 Å². The van der Waals surface area contributed by atoms with Gasteiger partial charge in [0.05, 0.1) is 25.8 Å². The lowest BCUT2D eigenvalue weighted by Gasteiger charge is -2.37. The first-order chi connectivity index (χ1) is 15.0. The van der Waals surface area contributed by atoms with E-state index in [1.54, 1.807) is 23.2 Å². The van der Waals surface area contributed by atoms with Crippen molar-refractivity contribution in [3.8, 4) is 11.5 Å². The van der Waals surface area contributed by atoms with E-state index in [9.17, 15) is 9.59 Å². The molecule has 1 fully saturated rings. The van der Waals surface area contributed by atoms with Crippen molar-refractivity contribution < 1.29 is 23.5 Å². The van der Waals surface area contributed by atoms with Crippen molar-refractivity contribution in [2.24, 2.45) is 0 Å². The topological polar surface area (TPSA) is 81.9 Å². The first kappa shape index (κ1) is 21.3. The van der Waals surface area contributed by atoms with Gasteiger partial charge in [0.1, 0.15) is 5.76 Å². The molecule has 3 heterocycles. The third kappa shape index (κ3) is 4.26. The summed E-state index contributed by atoms with van der Waals surface area (Å²) >= 11 is 1.55. The van der Waals surface area contributed by atoms with Gasteiger partial charge in [-0.15, -0.1) is 0 Å². The summed E-state index contributed by atoms with van der Waals surface area (Å²) in [6.07, 6.45) is 0.404. The number of carbonyl (C=O) groups excluding carboxylic acids is 2. The summed E-state index contributed by atoms with van der Waals surface area (Å²) < 4.78 is 16.4. The van der Waals surface area contributed by atoms with Gasteiger partial charge in [-0.3, -0.25) is 4.79 Å². The number of thiophene rings is 1. The van der Waals surface area contributed by atoms with Gasteiger partial charge in [-0.1, -0.05) is 30.3 Å². The summed E-state index contributed by atoms with van der Waals surface area (Å²) in [5.74, 6) is 0.380. The molecule has 7 nitrogen and oxygen atoms in total. The number of methoxy groups -OCH3 is 1. The van der Waals surface area contributed by atoms with Crippen molar-refractivity contribution in [1.82, 2.24) is 9.88 Å². The van der Waals surface area contributed by atoms with Crippen LogP contribution in [0.1, 0.15) is 23.4 Å².